The van der Waals surface area contributed by atoms with E-state index in [1.807, 2.05) is 24.3 Å². The second-order valence-corrected chi connectivity index (χ2v) is 7.37. The lowest BCUT2D eigenvalue weighted by atomic mass is 9.83. The van der Waals surface area contributed by atoms with Gasteiger partial charge in [-0.05, 0) is 42.0 Å². The summed E-state index contributed by atoms with van der Waals surface area (Å²) in [6.45, 7) is 0. The van der Waals surface area contributed by atoms with E-state index in [4.69, 9.17) is 21.1 Å². The number of anilines is 1. The summed E-state index contributed by atoms with van der Waals surface area (Å²) in [4.78, 5) is 26.8. The molecule has 0 saturated carbocycles. The zero-order chi connectivity index (χ0) is 20.3. The second-order valence-electron chi connectivity index (χ2n) is 6.02. The summed E-state index contributed by atoms with van der Waals surface area (Å²) in [5.41, 5.74) is 2.15. The Morgan fingerprint density at radius 3 is 1.86 bits per heavy atom. The molecule has 0 unspecified atom stereocenters. The third kappa shape index (κ3) is 4.13. The van der Waals surface area contributed by atoms with Crippen LogP contribution in [0.5, 0.6) is 0 Å². The number of methoxy groups -OCH3 is 2. The van der Waals surface area contributed by atoms with Crippen LogP contribution in [0.1, 0.15) is 11.5 Å². The number of halogens is 2. The molecule has 0 radical (unpaired) electrons. The first-order valence-corrected chi connectivity index (χ1v) is 9.51. The molecule has 0 bridgehead atoms. The maximum absolute atomic E-state index is 12.6. The zero-order valence-corrected chi connectivity index (χ0v) is 17.5. The smallest absolute Gasteiger partial charge is 0.336 e. The van der Waals surface area contributed by atoms with Gasteiger partial charge in [-0.1, -0.05) is 39.7 Å². The van der Waals surface area contributed by atoms with Crippen LogP contribution in [-0.2, 0) is 19.1 Å². The van der Waals surface area contributed by atoms with E-state index >= 15 is 0 Å². The summed E-state index contributed by atoms with van der Waals surface area (Å²) in [7, 11) is 2.62. The molecule has 5 nitrogen and oxygen atoms in total. The van der Waals surface area contributed by atoms with Crippen LogP contribution in [0.4, 0.5) is 5.69 Å². The Kier molecular flexibility index (Phi) is 6.21. The number of esters is 2. The molecule has 0 aromatic heterocycles. The van der Waals surface area contributed by atoms with Crippen molar-refractivity contribution in [3.05, 3.63) is 87.1 Å². The normalized spacial score (nSPS) is 14.2. The topological polar surface area (TPSA) is 55.8 Å². The molecule has 0 atom stereocenters. The van der Waals surface area contributed by atoms with Crippen LogP contribution in [0.25, 0.3) is 0 Å². The fraction of sp³-hybridized carbons (Fsp3) is 0.143. The number of ether oxygens (including phenoxy) is 2. The number of hydrogen-bond acceptors (Lipinski definition) is 5. The fourth-order valence-corrected chi connectivity index (χ4v) is 3.40. The van der Waals surface area contributed by atoms with Crippen molar-refractivity contribution in [2.75, 3.05) is 19.1 Å². The van der Waals surface area contributed by atoms with Gasteiger partial charge in [-0.2, -0.15) is 0 Å². The Hall–Kier alpha value is -2.57. The molecular weight excluding hydrogens is 446 g/mol. The highest BCUT2D eigenvalue weighted by molar-refractivity contribution is 9.10. The Morgan fingerprint density at radius 1 is 0.893 bits per heavy atom. The highest BCUT2D eigenvalue weighted by Crippen LogP contribution is 2.38. The third-order valence-electron chi connectivity index (χ3n) is 4.35. The van der Waals surface area contributed by atoms with E-state index in [1.165, 1.54) is 14.2 Å². The van der Waals surface area contributed by atoms with Crippen molar-refractivity contribution in [2.45, 2.75) is 5.92 Å². The zero-order valence-electron chi connectivity index (χ0n) is 15.2. The summed E-state index contributed by atoms with van der Waals surface area (Å²) in [5.74, 6) is -1.67. The van der Waals surface area contributed by atoms with Gasteiger partial charge in [0.25, 0.3) is 0 Å². The number of benzene rings is 2. The highest BCUT2D eigenvalue weighted by Gasteiger charge is 2.35. The summed E-state index contributed by atoms with van der Waals surface area (Å²) < 4.78 is 10.9. The SMILES string of the molecule is COC(=O)C1=CN(c2ccc(Cl)cc2)C=C(C(=O)OC)C1c1ccc(Br)cc1. The molecule has 0 aliphatic carbocycles. The van der Waals surface area contributed by atoms with E-state index in [0.717, 1.165) is 15.7 Å². The first-order valence-electron chi connectivity index (χ1n) is 8.34. The lowest BCUT2D eigenvalue weighted by Gasteiger charge is -2.30. The molecule has 1 aliphatic heterocycles. The monoisotopic (exact) mass is 461 g/mol. The first-order chi connectivity index (χ1) is 13.4. The maximum Gasteiger partial charge on any atom is 0.336 e. The number of rotatable bonds is 4. The van der Waals surface area contributed by atoms with Gasteiger partial charge in [-0.15, -0.1) is 0 Å². The van der Waals surface area contributed by atoms with Gasteiger partial charge < -0.3 is 14.4 Å². The van der Waals surface area contributed by atoms with E-state index in [0.29, 0.717) is 16.2 Å². The van der Waals surface area contributed by atoms with Gasteiger partial charge in [0.1, 0.15) is 0 Å². The lowest BCUT2D eigenvalue weighted by Crippen LogP contribution is -2.28. The summed E-state index contributed by atoms with van der Waals surface area (Å²) in [5, 5.41) is 0.586. The van der Waals surface area contributed by atoms with Gasteiger partial charge >= 0.3 is 11.9 Å². The van der Waals surface area contributed by atoms with Gasteiger partial charge in [-0.3, -0.25) is 0 Å². The van der Waals surface area contributed by atoms with Crippen molar-refractivity contribution in [3.8, 4) is 0 Å². The van der Waals surface area contributed by atoms with Crippen molar-refractivity contribution in [1.82, 2.24) is 0 Å². The predicted molar refractivity (Wildman–Crippen MR) is 111 cm³/mol. The van der Waals surface area contributed by atoms with Crippen molar-refractivity contribution >= 4 is 45.2 Å². The van der Waals surface area contributed by atoms with E-state index in [9.17, 15) is 9.59 Å². The van der Waals surface area contributed by atoms with Gasteiger partial charge in [0.2, 0.25) is 0 Å². The Morgan fingerprint density at radius 2 is 1.39 bits per heavy atom. The van der Waals surface area contributed by atoms with Gasteiger partial charge in [0.05, 0.1) is 31.3 Å². The summed E-state index contributed by atoms with van der Waals surface area (Å²) in [6.07, 6.45) is 3.32. The van der Waals surface area contributed by atoms with Crippen molar-refractivity contribution in [2.24, 2.45) is 0 Å². The van der Waals surface area contributed by atoms with Gasteiger partial charge in [0, 0.05) is 27.6 Å². The number of carbonyl (C=O) groups excluding carboxylic acids is 2. The van der Waals surface area contributed by atoms with Gasteiger partial charge in [-0.25, -0.2) is 9.59 Å². The summed E-state index contributed by atoms with van der Waals surface area (Å²) >= 11 is 9.37. The summed E-state index contributed by atoms with van der Waals surface area (Å²) in [6, 6.07) is 14.4. The minimum Gasteiger partial charge on any atom is -0.466 e. The van der Waals surface area contributed by atoms with E-state index < -0.39 is 17.9 Å². The predicted octanol–water partition coefficient (Wildman–Crippen LogP) is 4.82. The molecule has 28 heavy (non-hydrogen) atoms. The van der Waals surface area contributed by atoms with Crippen LogP contribution in [0.15, 0.2) is 76.5 Å². The fourth-order valence-electron chi connectivity index (χ4n) is 3.01. The van der Waals surface area contributed by atoms with Crippen molar-refractivity contribution in [3.63, 3.8) is 0 Å². The van der Waals surface area contributed by atoms with E-state index in [1.54, 1.807) is 41.6 Å². The molecule has 1 aliphatic rings. The number of carbonyl (C=O) groups is 2. The van der Waals surface area contributed by atoms with Gasteiger partial charge in [0.15, 0.2) is 0 Å². The standard InChI is InChI=1S/C21H17BrClNO4/c1-27-20(25)17-11-24(16-9-7-15(23)8-10-16)12-18(21(26)28-2)19(17)13-3-5-14(22)6-4-13/h3-12,19H,1-2H3. The molecule has 0 saturated heterocycles. The van der Waals surface area contributed by atoms with Crippen LogP contribution in [0, 0.1) is 0 Å². The molecule has 0 amide bonds. The van der Waals surface area contributed by atoms with Crippen LogP contribution in [0.3, 0.4) is 0 Å². The molecule has 144 valence electrons. The molecule has 0 N–H and O–H groups in total. The maximum atomic E-state index is 12.6. The average Bonchev–Trinajstić information content (AvgIpc) is 2.73. The largest absolute Gasteiger partial charge is 0.466 e. The molecular formula is C21H17BrClNO4. The average molecular weight is 463 g/mol. The van der Waals surface area contributed by atoms with Crippen molar-refractivity contribution < 1.29 is 19.1 Å². The highest BCUT2D eigenvalue weighted by atomic mass is 79.9. The van der Waals surface area contributed by atoms with E-state index in [2.05, 4.69) is 15.9 Å². The Bertz CT molecular complexity index is 917. The first kappa shape index (κ1) is 20.2. The molecule has 0 spiro atoms. The molecule has 2 aromatic carbocycles. The molecule has 7 heteroatoms. The van der Waals surface area contributed by atoms with E-state index in [-0.39, 0.29) is 0 Å². The van der Waals surface area contributed by atoms with Crippen LogP contribution >= 0.6 is 27.5 Å². The van der Waals surface area contributed by atoms with Crippen LogP contribution < -0.4 is 4.90 Å². The third-order valence-corrected chi connectivity index (χ3v) is 5.13. The molecule has 0 fully saturated rings. The lowest BCUT2D eigenvalue weighted by molar-refractivity contribution is -0.137. The molecule has 1 heterocycles. The number of nitrogens with zero attached hydrogens (tertiary/aromatic N) is 1. The number of hydrogen-bond donors (Lipinski definition) is 0. The minimum absolute atomic E-state index is 0.322. The Labute approximate surface area is 176 Å². The molecule has 3 rings (SSSR count). The molecule has 2 aromatic rings. The van der Waals surface area contributed by atoms with Crippen LogP contribution in [0.2, 0.25) is 5.02 Å². The van der Waals surface area contributed by atoms with Crippen molar-refractivity contribution in [1.29, 1.82) is 0 Å². The Balaban J connectivity index is 2.16. The second kappa shape index (κ2) is 8.63. The quantitative estimate of drug-likeness (QED) is 0.610. The minimum atomic E-state index is -0.614. The van der Waals surface area contributed by atoms with Crippen LogP contribution in [-0.4, -0.2) is 26.2 Å².